The molecule has 108 valence electrons. The fourth-order valence-electron chi connectivity index (χ4n) is 1.27. The quantitative estimate of drug-likeness (QED) is 0.323. The van der Waals surface area contributed by atoms with Crippen molar-refractivity contribution >= 4 is 29.8 Å². The van der Waals surface area contributed by atoms with E-state index in [1.54, 1.807) is 23.5 Å². The number of carbonyl (C=O) groups is 1. The Morgan fingerprint density at radius 1 is 1.00 bits per heavy atom. The lowest BCUT2D eigenvalue weighted by atomic mass is 10.3. The second-order valence-corrected chi connectivity index (χ2v) is 6.72. The van der Waals surface area contributed by atoms with Crippen LogP contribution in [0.4, 0.5) is 0 Å². The highest BCUT2D eigenvalue weighted by molar-refractivity contribution is 8.00. The summed E-state index contributed by atoms with van der Waals surface area (Å²) in [4.78, 5) is 19.7. The lowest BCUT2D eigenvalue weighted by Gasteiger charge is -2.06. The van der Waals surface area contributed by atoms with Gasteiger partial charge in [0.25, 0.3) is 0 Å². The van der Waals surface area contributed by atoms with E-state index in [1.807, 2.05) is 0 Å². The maximum absolute atomic E-state index is 11.3. The molecule has 0 unspecified atom stereocenters. The molecule has 0 fully saturated rings. The van der Waals surface area contributed by atoms with Gasteiger partial charge in [-0.15, -0.1) is 23.5 Å². The van der Waals surface area contributed by atoms with E-state index >= 15 is 0 Å². The minimum absolute atomic E-state index is 0.604. The number of allylic oxidation sites excluding steroid dienone is 2. The molecule has 0 N–H and O–H groups in total. The highest BCUT2D eigenvalue weighted by Crippen LogP contribution is 2.27. The number of carbonyl (C=O) groups excluding carboxylic acids is 1. The number of thioether (sulfide) groups is 2. The molecule has 0 amide bonds. The second kappa shape index (κ2) is 8.97. The van der Waals surface area contributed by atoms with Gasteiger partial charge in [-0.2, -0.15) is 0 Å². The highest BCUT2D eigenvalue weighted by Gasteiger charge is 2.10. The van der Waals surface area contributed by atoms with Gasteiger partial charge >= 0.3 is 0 Å². The van der Waals surface area contributed by atoms with E-state index in [2.05, 4.69) is 49.8 Å². The van der Waals surface area contributed by atoms with Crippen LogP contribution in [0, 0.1) is 0 Å². The van der Waals surface area contributed by atoms with Gasteiger partial charge in [-0.1, -0.05) is 23.3 Å². The third-order valence-electron chi connectivity index (χ3n) is 2.35. The summed E-state index contributed by atoms with van der Waals surface area (Å²) in [7, 11) is 0. The Bertz CT molecular complexity index is 476. The first-order chi connectivity index (χ1) is 9.54. The first-order valence-corrected chi connectivity index (χ1v) is 8.34. The molecular formula is C15H20N2OS2. The second-order valence-electron chi connectivity index (χ2n) is 4.70. The largest absolute Gasteiger partial charge is 0.298 e. The first-order valence-electron chi connectivity index (χ1n) is 6.37. The van der Waals surface area contributed by atoms with Crippen LogP contribution >= 0.6 is 23.5 Å². The minimum atomic E-state index is 0.604. The van der Waals surface area contributed by atoms with Gasteiger partial charge in [-0.25, -0.2) is 9.97 Å². The monoisotopic (exact) mass is 308 g/mol. The van der Waals surface area contributed by atoms with Crippen molar-refractivity contribution in [2.24, 2.45) is 0 Å². The fraction of sp³-hybridized carbons (Fsp3) is 0.400. The number of rotatable bonds is 7. The normalized spacial score (nSPS) is 10.0. The highest BCUT2D eigenvalue weighted by atomic mass is 32.2. The van der Waals surface area contributed by atoms with Crippen molar-refractivity contribution < 1.29 is 4.79 Å². The number of hydrogen-bond donors (Lipinski definition) is 0. The van der Waals surface area contributed by atoms with Crippen molar-refractivity contribution in [1.82, 2.24) is 9.97 Å². The lowest BCUT2D eigenvalue weighted by Crippen LogP contribution is -1.97. The van der Waals surface area contributed by atoms with E-state index < -0.39 is 0 Å². The molecule has 0 atom stereocenters. The number of aldehydes is 1. The molecule has 0 aliphatic heterocycles. The standard InChI is InChI=1S/C15H20N2OS2/c1-11(2)5-7-19-14-13(9-18)15(17-10-16-14)20-8-6-12(3)4/h5-6,9-10H,7-8H2,1-4H3. The summed E-state index contributed by atoms with van der Waals surface area (Å²) < 4.78 is 0. The molecule has 20 heavy (non-hydrogen) atoms. The van der Waals surface area contributed by atoms with Gasteiger partial charge in [-0.3, -0.25) is 4.79 Å². The van der Waals surface area contributed by atoms with Crippen LogP contribution in [0.3, 0.4) is 0 Å². The van der Waals surface area contributed by atoms with E-state index in [0.717, 1.165) is 27.8 Å². The Kier molecular flexibility index (Phi) is 7.62. The van der Waals surface area contributed by atoms with Crippen LogP contribution in [-0.4, -0.2) is 27.8 Å². The molecule has 5 heteroatoms. The average molecular weight is 308 g/mol. The zero-order valence-electron chi connectivity index (χ0n) is 12.3. The van der Waals surface area contributed by atoms with Gasteiger partial charge in [-0.05, 0) is 27.7 Å². The van der Waals surface area contributed by atoms with E-state index in [-0.39, 0.29) is 0 Å². The van der Waals surface area contributed by atoms with E-state index in [0.29, 0.717) is 5.56 Å². The van der Waals surface area contributed by atoms with Crippen molar-refractivity contribution in [2.75, 3.05) is 11.5 Å². The molecule has 0 spiro atoms. The zero-order valence-corrected chi connectivity index (χ0v) is 14.0. The molecule has 1 aromatic rings. The van der Waals surface area contributed by atoms with E-state index in [4.69, 9.17) is 0 Å². The summed E-state index contributed by atoms with van der Waals surface area (Å²) in [5.41, 5.74) is 3.13. The third kappa shape index (κ3) is 5.92. The molecule has 0 bridgehead atoms. The maximum Gasteiger partial charge on any atom is 0.155 e. The molecule has 0 aliphatic carbocycles. The van der Waals surface area contributed by atoms with Crippen LogP contribution in [-0.2, 0) is 0 Å². The summed E-state index contributed by atoms with van der Waals surface area (Å²) in [5, 5.41) is 1.51. The SMILES string of the molecule is CC(C)=CCSc1ncnc(SCC=C(C)C)c1C=O. The molecule has 0 saturated carbocycles. The molecule has 0 aromatic carbocycles. The number of nitrogens with zero attached hydrogens (tertiary/aromatic N) is 2. The van der Waals surface area contributed by atoms with Gasteiger partial charge in [0.1, 0.15) is 16.4 Å². The van der Waals surface area contributed by atoms with Gasteiger partial charge < -0.3 is 0 Å². The summed E-state index contributed by atoms with van der Waals surface area (Å²) in [6, 6.07) is 0. The van der Waals surface area contributed by atoms with Crippen molar-refractivity contribution in [3.63, 3.8) is 0 Å². The Labute approximate surface area is 129 Å². The topological polar surface area (TPSA) is 42.9 Å². The van der Waals surface area contributed by atoms with Gasteiger partial charge in [0, 0.05) is 11.5 Å². The number of hydrogen-bond acceptors (Lipinski definition) is 5. The smallest absolute Gasteiger partial charge is 0.155 e. The number of aromatic nitrogens is 2. The Morgan fingerprint density at radius 3 is 1.80 bits per heavy atom. The molecule has 0 radical (unpaired) electrons. The third-order valence-corrected chi connectivity index (χ3v) is 4.22. The van der Waals surface area contributed by atoms with Gasteiger partial charge in [0.15, 0.2) is 6.29 Å². The Morgan fingerprint density at radius 2 is 1.45 bits per heavy atom. The van der Waals surface area contributed by atoms with Crippen molar-refractivity contribution in [2.45, 2.75) is 37.7 Å². The maximum atomic E-state index is 11.3. The Hall–Kier alpha value is -1.07. The van der Waals surface area contributed by atoms with Crippen LogP contribution in [0.2, 0.25) is 0 Å². The van der Waals surface area contributed by atoms with Gasteiger partial charge in [0.2, 0.25) is 0 Å². The first kappa shape index (κ1) is 17.0. The summed E-state index contributed by atoms with van der Waals surface area (Å²) in [5.74, 6) is 1.64. The van der Waals surface area contributed by atoms with Crippen molar-refractivity contribution in [3.8, 4) is 0 Å². The van der Waals surface area contributed by atoms with Crippen LogP contribution in [0.5, 0.6) is 0 Å². The Balaban J connectivity index is 2.83. The zero-order chi connectivity index (χ0) is 15.0. The predicted octanol–water partition coefficient (Wildman–Crippen LogP) is 4.41. The average Bonchev–Trinajstić information content (AvgIpc) is 2.38. The minimum Gasteiger partial charge on any atom is -0.298 e. The van der Waals surface area contributed by atoms with Crippen molar-refractivity contribution in [3.05, 3.63) is 35.2 Å². The molecule has 3 nitrogen and oxygen atoms in total. The van der Waals surface area contributed by atoms with Crippen LogP contribution < -0.4 is 0 Å². The van der Waals surface area contributed by atoms with E-state index in [9.17, 15) is 4.79 Å². The summed E-state index contributed by atoms with van der Waals surface area (Å²) in [6.45, 7) is 8.23. The van der Waals surface area contributed by atoms with Crippen LogP contribution in [0.1, 0.15) is 38.1 Å². The van der Waals surface area contributed by atoms with Crippen molar-refractivity contribution in [1.29, 1.82) is 0 Å². The summed E-state index contributed by atoms with van der Waals surface area (Å²) in [6.07, 6.45) is 6.63. The molecule has 1 heterocycles. The van der Waals surface area contributed by atoms with Crippen LogP contribution in [0.25, 0.3) is 0 Å². The molecule has 1 aromatic heterocycles. The molecular weight excluding hydrogens is 288 g/mol. The molecule has 0 saturated heterocycles. The van der Waals surface area contributed by atoms with Gasteiger partial charge in [0.05, 0.1) is 5.56 Å². The lowest BCUT2D eigenvalue weighted by molar-refractivity contribution is 0.111. The molecule has 0 aliphatic rings. The summed E-state index contributed by atoms with van der Waals surface area (Å²) >= 11 is 3.13. The van der Waals surface area contributed by atoms with E-state index in [1.165, 1.54) is 17.5 Å². The predicted molar refractivity (Wildman–Crippen MR) is 87.7 cm³/mol. The van der Waals surface area contributed by atoms with Crippen LogP contribution in [0.15, 0.2) is 39.7 Å². The fourth-order valence-corrected chi connectivity index (χ4v) is 3.33. The molecule has 1 rings (SSSR count).